The molecule has 120 valence electrons. The Morgan fingerprint density at radius 2 is 2.23 bits per heavy atom. The molecule has 0 aliphatic carbocycles. The smallest absolute Gasteiger partial charge is 0.255 e. The lowest BCUT2D eigenvalue weighted by Crippen LogP contribution is -2.28. The minimum Gasteiger partial charge on any atom is -0.506 e. The lowest BCUT2D eigenvalue weighted by molar-refractivity contribution is 0.0931. The first-order valence-corrected chi connectivity index (χ1v) is 6.95. The van der Waals surface area contributed by atoms with Gasteiger partial charge < -0.3 is 20.1 Å². The third kappa shape index (κ3) is 3.87. The molecule has 2 aromatic rings. The van der Waals surface area contributed by atoms with E-state index >= 15 is 0 Å². The van der Waals surface area contributed by atoms with Gasteiger partial charge in [-0.15, -0.1) is 12.4 Å². The summed E-state index contributed by atoms with van der Waals surface area (Å²) in [4.78, 5) is 15.5. The summed E-state index contributed by atoms with van der Waals surface area (Å²) in [5.41, 5.74) is 1.21. The van der Waals surface area contributed by atoms with Crippen LogP contribution in [0.2, 0.25) is 5.02 Å². The fourth-order valence-electron chi connectivity index (χ4n) is 2.09. The summed E-state index contributed by atoms with van der Waals surface area (Å²) in [7, 11) is 1.43. The number of aromatic hydroxyl groups is 1. The zero-order valence-corrected chi connectivity index (χ0v) is 13.8. The normalized spacial score (nSPS) is 11.4. The Balaban J connectivity index is 0.00000242. The Morgan fingerprint density at radius 3 is 2.77 bits per heavy atom. The fourth-order valence-corrected chi connectivity index (χ4v) is 2.25. The zero-order chi connectivity index (χ0) is 15.4. The molecule has 0 radical (unpaired) electrons. The number of methoxy groups -OCH3 is 1. The van der Waals surface area contributed by atoms with Gasteiger partial charge in [0.25, 0.3) is 5.91 Å². The van der Waals surface area contributed by atoms with Gasteiger partial charge in [-0.05, 0) is 24.6 Å². The van der Waals surface area contributed by atoms with Crippen LogP contribution in [0, 0.1) is 0 Å². The zero-order valence-electron chi connectivity index (χ0n) is 12.2. The summed E-state index contributed by atoms with van der Waals surface area (Å²) in [6, 6.07) is 6.38. The maximum atomic E-state index is 12.4. The van der Waals surface area contributed by atoms with E-state index in [9.17, 15) is 9.90 Å². The first-order chi connectivity index (χ1) is 10.1. The Morgan fingerprint density at radius 1 is 1.50 bits per heavy atom. The number of phenols is 1. The van der Waals surface area contributed by atoms with Gasteiger partial charge in [0.2, 0.25) is 0 Å². The molecule has 0 aliphatic heterocycles. The van der Waals surface area contributed by atoms with Crippen molar-refractivity contribution >= 4 is 29.9 Å². The summed E-state index contributed by atoms with van der Waals surface area (Å²) in [5, 5.41) is 12.6. The van der Waals surface area contributed by atoms with Crippen LogP contribution in [0.1, 0.15) is 35.4 Å². The molecule has 5 nitrogen and oxygen atoms in total. The van der Waals surface area contributed by atoms with E-state index < -0.39 is 0 Å². The van der Waals surface area contributed by atoms with Gasteiger partial charge in [0, 0.05) is 18.0 Å². The van der Waals surface area contributed by atoms with Gasteiger partial charge in [-0.25, -0.2) is 0 Å². The van der Waals surface area contributed by atoms with E-state index in [0.717, 1.165) is 12.1 Å². The van der Waals surface area contributed by atoms with Crippen LogP contribution in [0.4, 0.5) is 0 Å². The number of H-pyrrole nitrogens is 1. The van der Waals surface area contributed by atoms with Crippen molar-refractivity contribution in [1.82, 2.24) is 10.3 Å². The molecule has 3 N–H and O–H groups in total. The molecule has 0 saturated heterocycles. The predicted octanol–water partition coefficient (Wildman–Crippen LogP) is 3.69. The molecule has 0 bridgehead atoms. The van der Waals surface area contributed by atoms with E-state index in [1.807, 2.05) is 25.3 Å². The molecule has 0 aliphatic rings. The molecule has 0 fully saturated rings. The van der Waals surface area contributed by atoms with Gasteiger partial charge >= 0.3 is 0 Å². The summed E-state index contributed by atoms with van der Waals surface area (Å²) >= 11 is 5.87. The number of hydrogen-bond donors (Lipinski definition) is 3. The van der Waals surface area contributed by atoms with Crippen LogP contribution in [0.15, 0.2) is 30.5 Å². The maximum Gasteiger partial charge on any atom is 0.255 e. The van der Waals surface area contributed by atoms with Crippen molar-refractivity contribution in [2.24, 2.45) is 0 Å². The SMILES string of the molecule is CCC(NC(=O)c1cc(Cl)c(O)cc1OC)c1ccc[nH]1.Cl. The number of nitrogens with one attached hydrogen (secondary N) is 2. The molecule has 1 heterocycles. The minimum atomic E-state index is -0.310. The molecular weight excluding hydrogens is 327 g/mol. The highest BCUT2D eigenvalue weighted by atomic mass is 35.5. The summed E-state index contributed by atoms with van der Waals surface area (Å²) in [6.07, 6.45) is 2.54. The fraction of sp³-hybridized carbons (Fsp3) is 0.267. The molecule has 2 rings (SSSR count). The molecule has 1 aromatic carbocycles. The van der Waals surface area contributed by atoms with Gasteiger partial charge in [0.05, 0.1) is 23.7 Å². The van der Waals surface area contributed by atoms with Crippen molar-refractivity contribution in [2.45, 2.75) is 19.4 Å². The van der Waals surface area contributed by atoms with Gasteiger partial charge in [-0.2, -0.15) is 0 Å². The average Bonchev–Trinajstić information content (AvgIpc) is 3.00. The van der Waals surface area contributed by atoms with Crippen molar-refractivity contribution < 1.29 is 14.6 Å². The highest BCUT2D eigenvalue weighted by Gasteiger charge is 2.19. The molecule has 0 spiro atoms. The van der Waals surface area contributed by atoms with Gasteiger partial charge in [0.15, 0.2) is 0 Å². The number of aromatic amines is 1. The molecule has 22 heavy (non-hydrogen) atoms. The van der Waals surface area contributed by atoms with Crippen molar-refractivity contribution in [3.05, 3.63) is 46.7 Å². The van der Waals surface area contributed by atoms with E-state index in [-0.39, 0.29) is 46.4 Å². The third-order valence-corrected chi connectivity index (χ3v) is 3.53. The number of carbonyl (C=O) groups is 1. The number of hydrogen-bond acceptors (Lipinski definition) is 3. The largest absolute Gasteiger partial charge is 0.506 e. The van der Waals surface area contributed by atoms with Crippen molar-refractivity contribution in [3.8, 4) is 11.5 Å². The van der Waals surface area contributed by atoms with Crippen LogP contribution < -0.4 is 10.1 Å². The Bertz CT molecular complexity index is 630. The standard InChI is InChI=1S/C15H17ClN2O3.ClH/c1-3-11(12-5-4-6-17-12)18-15(20)9-7-10(16)13(19)8-14(9)21-2;/h4-8,11,17,19H,3H2,1-2H3,(H,18,20);1H. The van der Waals surface area contributed by atoms with E-state index in [4.69, 9.17) is 16.3 Å². The number of halogens is 2. The second-order valence-corrected chi connectivity index (χ2v) is 4.97. The Kier molecular flexibility index (Phi) is 6.59. The molecule has 1 unspecified atom stereocenters. The van der Waals surface area contributed by atoms with E-state index in [1.54, 1.807) is 0 Å². The average molecular weight is 345 g/mol. The highest BCUT2D eigenvalue weighted by molar-refractivity contribution is 6.32. The monoisotopic (exact) mass is 344 g/mol. The van der Waals surface area contributed by atoms with Crippen LogP contribution in [-0.2, 0) is 0 Å². The first kappa shape index (κ1) is 18.2. The second-order valence-electron chi connectivity index (χ2n) is 4.56. The summed E-state index contributed by atoms with van der Waals surface area (Å²) in [5.74, 6) is -0.160. The number of aromatic nitrogens is 1. The van der Waals surface area contributed by atoms with Crippen LogP contribution in [-0.4, -0.2) is 23.1 Å². The Hall–Kier alpha value is -1.85. The molecule has 1 aromatic heterocycles. The Labute approximate surface area is 140 Å². The molecule has 1 amide bonds. The molecule has 1 atom stereocenters. The number of carbonyl (C=O) groups excluding carboxylic acids is 1. The molecular formula is C15H18Cl2N2O3. The van der Waals surface area contributed by atoms with E-state index in [0.29, 0.717) is 0 Å². The van der Waals surface area contributed by atoms with Crippen molar-refractivity contribution in [1.29, 1.82) is 0 Å². The topological polar surface area (TPSA) is 74.3 Å². The van der Waals surface area contributed by atoms with Crippen LogP contribution in [0.5, 0.6) is 11.5 Å². The number of ether oxygens (including phenoxy) is 1. The number of phenolic OH excluding ortho intramolecular Hbond substituents is 1. The van der Waals surface area contributed by atoms with Crippen molar-refractivity contribution in [3.63, 3.8) is 0 Å². The first-order valence-electron chi connectivity index (χ1n) is 6.57. The molecule has 7 heteroatoms. The lowest BCUT2D eigenvalue weighted by Gasteiger charge is -2.17. The molecule has 0 saturated carbocycles. The predicted molar refractivity (Wildman–Crippen MR) is 88.2 cm³/mol. The van der Waals surface area contributed by atoms with Crippen LogP contribution in [0.25, 0.3) is 0 Å². The quantitative estimate of drug-likeness (QED) is 0.774. The maximum absolute atomic E-state index is 12.4. The highest BCUT2D eigenvalue weighted by Crippen LogP contribution is 2.32. The van der Waals surface area contributed by atoms with E-state index in [1.165, 1.54) is 19.2 Å². The van der Waals surface area contributed by atoms with Gasteiger partial charge in [-0.1, -0.05) is 18.5 Å². The summed E-state index contributed by atoms with van der Waals surface area (Å²) in [6.45, 7) is 1.98. The van der Waals surface area contributed by atoms with Crippen LogP contribution >= 0.6 is 24.0 Å². The third-order valence-electron chi connectivity index (χ3n) is 3.22. The summed E-state index contributed by atoms with van der Waals surface area (Å²) < 4.78 is 5.12. The van der Waals surface area contributed by atoms with Crippen LogP contribution in [0.3, 0.4) is 0 Å². The van der Waals surface area contributed by atoms with Crippen molar-refractivity contribution in [2.75, 3.05) is 7.11 Å². The number of benzene rings is 1. The van der Waals surface area contributed by atoms with Gasteiger partial charge in [-0.3, -0.25) is 4.79 Å². The van der Waals surface area contributed by atoms with Gasteiger partial charge in [0.1, 0.15) is 11.5 Å². The van der Waals surface area contributed by atoms with E-state index in [2.05, 4.69) is 10.3 Å². The minimum absolute atomic E-state index is 0. The number of amides is 1. The second kappa shape index (κ2) is 7.96. The number of rotatable bonds is 5. The lowest BCUT2D eigenvalue weighted by atomic mass is 10.1.